The molecule has 0 saturated carbocycles. The van der Waals surface area contributed by atoms with Crippen molar-refractivity contribution in [3.05, 3.63) is 23.5 Å². The quantitative estimate of drug-likeness (QED) is 0.572. The van der Waals surface area contributed by atoms with Crippen molar-refractivity contribution in [2.45, 2.75) is 12.7 Å². The zero-order valence-electron chi connectivity index (χ0n) is 11.3. The van der Waals surface area contributed by atoms with Gasteiger partial charge in [-0.1, -0.05) is 6.08 Å². The molecule has 20 heavy (non-hydrogen) atoms. The van der Waals surface area contributed by atoms with Crippen LogP contribution in [0.2, 0.25) is 0 Å². The molecule has 1 amide bonds. The van der Waals surface area contributed by atoms with Gasteiger partial charge in [-0.15, -0.1) is 0 Å². The highest BCUT2D eigenvalue weighted by molar-refractivity contribution is 5.89. The standard InChI is InChI=1S/C13H17NO6/c1-14-13(17)20-12-10-7(5-15)3-4-8(10)9(6-19-12)11(16)18-2/h3,6,8,10,12,15H,4-5H2,1-2H3,(H,14,17)/t8-,10+,12+/m1/s1. The van der Waals surface area contributed by atoms with Crippen molar-refractivity contribution in [3.8, 4) is 0 Å². The largest absolute Gasteiger partial charge is 0.466 e. The number of hydrogen-bond acceptors (Lipinski definition) is 6. The molecule has 0 aromatic rings. The van der Waals surface area contributed by atoms with Gasteiger partial charge in [0.2, 0.25) is 0 Å². The van der Waals surface area contributed by atoms with Gasteiger partial charge < -0.3 is 24.6 Å². The number of alkyl carbamates (subject to hydrolysis) is 1. The first-order valence-electron chi connectivity index (χ1n) is 6.24. The van der Waals surface area contributed by atoms with E-state index >= 15 is 0 Å². The van der Waals surface area contributed by atoms with E-state index in [-0.39, 0.29) is 18.4 Å². The molecule has 0 spiro atoms. The van der Waals surface area contributed by atoms with E-state index in [1.165, 1.54) is 20.4 Å². The topological polar surface area (TPSA) is 94.1 Å². The van der Waals surface area contributed by atoms with Crippen LogP contribution in [0.4, 0.5) is 4.79 Å². The second-order valence-electron chi connectivity index (χ2n) is 4.53. The van der Waals surface area contributed by atoms with Crippen molar-refractivity contribution >= 4 is 12.1 Å². The number of hydrogen-bond donors (Lipinski definition) is 2. The van der Waals surface area contributed by atoms with E-state index in [1.807, 2.05) is 6.08 Å². The Hall–Kier alpha value is -2.02. The molecule has 3 atom stereocenters. The molecule has 0 radical (unpaired) electrons. The van der Waals surface area contributed by atoms with E-state index in [1.54, 1.807) is 0 Å². The molecular formula is C13H17NO6. The number of carbonyl (C=O) groups is 2. The Morgan fingerprint density at radius 1 is 1.55 bits per heavy atom. The Labute approximate surface area is 116 Å². The second kappa shape index (κ2) is 5.96. The second-order valence-corrected chi connectivity index (χ2v) is 4.53. The first kappa shape index (κ1) is 14.4. The molecule has 0 saturated heterocycles. The molecule has 0 aromatic carbocycles. The summed E-state index contributed by atoms with van der Waals surface area (Å²) in [5, 5.41) is 11.7. The smallest absolute Gasteiger partial charge is 0.409 e. The van der Waals surface area contributed by atoms with Crippen LogP contribution in [0.1, 0.15) is 6.42 Å². The van der Waals surface area contributed by atoms with Gasteiger partial charge in [-0.25, -0.2) is 9.59 Å². The molecule has 0 bridgehead atoms. The number of esters is 1. The minimum Gasteiger partial charge on any atom is -0.466 e. The number of nitrogens with one attached hydrogen (secondary N) is 1. The van der Waals surface area contributed by atoms with Gasteiger partial charge in [0.05, 0.1) is 31.5 Å². The van der Waals surface area contributed by atoms with Crippen molar-refractivity contribution in [2.24, 2.45) is 11.8 Å². The Morgan fingerprint density at radius 2 is 2.30 bits per heavy atom. The maximum atomic E-state index is 11.7. The molecule has 2 aliphatic rings. The Morgan fingerprint density at radius 3 is 2.90 bits per heavy atom. The number of rotatable bonds is 3. The average molecular weight is 283 g/mol. The zero-order valence-corrected chi connectivity index (χ0v) is 11.3. The van der Waals surface area contributed by atoms with E-state index in [2.05, 4.69) is 5.32 Å². The number of aliphatic hydroxyl groups excluding tert-OH is 1. The zero-order chi connectivity index (χ0) is 14.7. The van der Waals surface area contributed by atoms with Gasteiger partial charge in [0.15, 0.2) is 0 Å². The average Bonchev–Trinajstić information content (AvgIpc) is 2.91. The van der Waals surface area contributed by atoms with Crippen LogP contribution in [0.15, 0.2) is 23.5 Å². The van der Waals surface area contributed by atoms with Gasteiger partial charge in [0, 0.05) is 13.0 Å². The van der Waals surface area contributed by atoms with Crippen LogP contribution in [0.25, 0.3) is 0 Å². The molecule has 1 heterocycles. The van der Waals surface area contributed by atoms with Crippen molar-refractivity contribution in [2.75, 3.05) is 20.8 Å². The first-order valence-corrected chi connectivity index (χ1v) is 6.24. The number of carbonyl (C=O) groups excluding carboxylic acids is 2. The minimum atomic E-state index is -0.866. The molecule has 2 rings (SSSR count). The van der Waals surface area contributed by atoms with Crippen LogP contribution < -0.4 is 5.32 Å². The minimum absolute atomic E-state index is 0.174. The summed E-state index contributed by atoms with van der Waals surface area (Å²) in [6.07, 6.45) is 2.18. The molecule has 0 aromatic heterocycles. The van der Waals surface area contributed by atoms with Gasteiger partial charge in [-0.2, -0.15) is 0 Å². The highest BCUT2D eigenvalue weighted by Gasteiger charge is 2.45. The lowest BCUT2D eigenvalue weighted by Crippen LogP contribution is -2.40. The monoisotopic (exact) mass is 283 g/mol. The highest BCUT2D eigenvalue weighted by Crippen LogP contribution is 2.43. The van der Waals surface area contributed by atoms with Crippen molar-refractivity contribution in [3.63, 3.8) is 0 Å². The molecule has 0 fully saturated rings. The predicted molar refractivity (Wildman–Crippen MR) is 67.3 cm³/mol. The summed E-state index contributed by atoms with van der Waals surface area (Å²) in [4.78, 5) is 23.0. The number of allylic oxidation sites excluding steroid dienone is 1. The van der Waals surface area contributed by atoms with Gasteiger partial charge in [0.25, 0.3) is 6.29 Å². The van der Waals surface area contributed by atoms with Gasteiger partial charge >= 0.3 is 12.1 Å². The summed E-state index contributed by atoms with van der Waals surface area (Å²) in [6.45, 7) is -0.174. The van der Waals surface area contributed by atoms with E-state index in [9.17, 15) is 14.7 Å². The lowest BCUT2D eigenvalue weighted by atomic mass is 9.83. The fourth-order valence-corrected chi connectivity index (χ4v) is 2.57. The number of amides is 1. The summed E-state index contributed by atoms with van der Waals surface area (Å²) >= 11 is 0. The fourth-order valence-electron chi connectivity index (χ4n) is 2.57. The Bertz CT molecular complexity index is 469. The van der Waals surface area contributed by atoms with Crippen molar-refractivity contribution in [1.82, 2.24) is 5.32 Å². The van der Waals surface area contributed by atoms with Crippen molar-refractivity contribution in [1.29, 1.82) is 0 Å². The van der Waals surface area contributed by atoms with E-state index in [0.717, 1.165) is 0 Å². The number of methoxy groups -OCH3 is 1. The number of fused-ring (bicyclic) bond motifs is 1. The third-order valence-electron chi connectivity index (χ3n) is 3.55. The van der Waals surface area contributed by atoms with Crippen LogP contribution in [-0.4, -0.2) is 44.2 Å². The normalized spacial score (nSPS) is 27.6. The van der Waals surface area contributed by atoms with Gasteiger partial charge in [-0.3, -0.25) is 0 Å². The molecule has 110 valence electrons. The molecule has 1 aliphatic carbocycles. The molecule has 7 nitrogen and oxygen atoms in total. The van der Waals surface area contributed by atoms with Gasteiger partial charge in [0.1, 0.15) is 0 Å². The van der Waals surface area contributed by atoms with Crippen LogP contribution >= 0.6 is 0 Å². The molecule has 7 heteroatoms. The lowest BCUT2D eigenvalue weighted by molar-refractivity contribution is -0.141. The molecule has 1 aliphatic heterocycles. The molecule has 0 unspecified atom stereocenters. The lowest BCUT2D eigenvalue weighted by Gasteiger charge is -2.33. The summed E-state index contributed by atoms with van der Waals surface area (Å²) in [6, 6.07) is 0. The van der Waals surface area contributed by atoms with E-state index in [0.29, 0.717) is 17.6 Å². The molecule has 2 N–H and O–H groups in total. The van der Waals surface area contributed by atoms with E-state index < -0.39 is 18.4 Å². The van der Waals surface area contributed by atoms with Gasteiger partial charge in [-0.05, 0) is 12.0 Å². The number of aliphatic hydroxyl groups is 1. The number of ether oxygens (including phenoxy) is 3. The third-order valence-corrected chi connectivity index (χ3v) is 3.55. The van der Waals surface area contributed by atoms with Crippen LogP contribution in [0, 0.1) is 11.8 Å². The fraction of sp³-hybridized carbons (Fsp3) is 0.538. The predicted octanol–water partition coefficient (Wildman–Crippen LogP) is 0.310. The maximum absolute atomic E-state index is 11.7. The SMILES string of the molecule is CNC(=O)O[C@@H]1OC=C(C(=O)OC)[C@H]2CC=C(CO)[C@H]12. The summed E-state index contributed by atoms with van der Waals surface area (Å²) in [7, 11) is 2.73. The van der Waals surface area contributed by atoms with Crippen molar-refractivity contribution < 1.29 is 28.9 Å². The summed E-state index contributed by atoms with van der Waals surface area (Å²) in [5.74, 6) is -1.07. The molecular weight excluding hydrogens is 266 g/mol. The Balaban J connectivity index is 2.24. The van der Waals surface area contributed by atoms with Crippen LogP contribution in [0.5, 0.6) is 0 Å². The highest BCUT2D eigenvalue weighted by atomic mass is 16.7. The Kier molecular flexibility index (Phi) is 4.29. The first-order chi connectivity index (χ1) is 9.62. The maximum Gasteiger partial charge on any atom is 0.409 e. The van der Waals surface area contributed by atoms with Crippen LogP contribution in [-0.2, 0) is 19.0 Å². The summed E-state index contributed by atoms with van der Waals surface area (Å²) in [5.41, 5.74) is 1.08. The van der Waals surface area contributed by atoms with Crippen LogP contribution in [0.3, 0.4) is 0 Å². The third kappa shape index (κ3) is 2.49. The summed E-state index contributed by atoms with van der Waals surface area (Å²) < 4.78 is 15.2. The van der Waals surface area contributed by atoms with E-state index in [4.69, 9.17) is 14.2 Å².